The van der Waals surface area contributed by atoms with Crippen LogP contribution >= 0.6 is 15.6 Å². The largest absolute Gasteiger partial charge is 0.472 e. The fraction of sp³-hybridized carbons (Fsp3) is 0.663. The summed E-state index contributed by atoms with van der Waals surface area (Å²) in [4.78, 5) is 72.9. The number of rotatable bonds is 72. The smallest absolute Gasteiger partial charge is 0.462 e. The molecule has 0 fully saturated rings. The van der Waals surface area contributed by atoms with Crippen LogP contribution in [-0.4, -0.2) is 96.7 Å². The molecule has 0 spiro atoms. The molecule has 0 aliphatic heterocycles. The van der Waals surface area contributed by atoms with Crippen LogP contribution in [0, 0.1) is 0 Å². The highest BCUT2D eigenvalue weighted by atomic mass is 31.2. The van der Waals surface area contributed by atoms with Gasteiger partial charge in [0.1, 0.15) is 19.3 Å². The summed E-state index contributed by atoms with van der Waals surface area (Å²) in [5, 5.41) is 10.6. The molecule has 0 aromatic heterocycles. The molecule has 0 saturated heterocycles. The Bertz CT molecular complexity index is 2510. The summed E-state index contributed by atoms with van der Waals surface area (Å²) in [7, 11) is -10.00. The highest BCUT2D eigenvalue weighted by Gasteiger charge is 2.30. The Morgan fingerprint density at radius 2 is 0.569 bits per heavy atom. The first-order valence-electron chi connectivity index (χ1n) is 39.1. The zero-order chi connectivity index (χ0) is 74.6. The molecule has 0 bridgehead atoms. The predicted molar refractivity (Wildman–Crippen MR) is 417 cm³/mol. The summed E-state index contributed by atoms with van der Waals surface area (Å²) in [6.07, 6.45) is 84.3. The van der Waals surface area contributed by atoms with Crippen LogP contribution in [-0.2, 0) is 65.4 Å². The lowest BCUT2D eigenvalue weighted by Gasteiger charge is -2.21. The maximum Gasteiger partial charge on any atom is 0.472 e. The molecule has 0 amide bonds. The summed E-state index contributed by atoms with van der Waals surface area (Å²) in [6.45, 7) is 4.42. The molecule has 3 N–H and O–H groups in total. The van der Waals surface area contributed by atoms with Crippen LogP contribution in [0.15, 0.2) is 146 Å². The lowest BCUT2D eigenvalue weighted by Crippen LogP contribution is -2.30. The molecule has 0 aliphatic rings. The average Bonchev–Trinajstić information content (AvgIpc) is 0.909. The van der Waals surface area contributed by atoms with E-state index in [0.717, 1.165) is 180 Å². The second-order valence-electron chi connectivity index (χ2n) is 25.5. The standard InChI is InChI=1S/C83H138O17P2/c1-5-9-13-17-21-25-29-33-36-37-38-39-42-45-48-52-56-60-64-68-81(86)94-74-79(100-83(88)70-66-62-58-54-50-46-41-35-31-27-23-19-15-11-7-3)76-98-102(91,92)96-72-77(84)71-95-101(89,90)97-75-78(99-82(87)69-65-61-57-53-49-43-32-28-24-20-16-12-8-4)73-93-80(85)67-63-59-55-51-47-44-40-34-30-26-22-18-14-10-6-2/h9-10,13-14,16,20-22,25-26,28,32-36,38-41,47,51,59,63,77-79,84H,5-8,11-12,15,17-19,23-24,27,29-31,37,42-46,48-50,52-58,60-62,64-76H2,1-4H3,(H,89,90)(H,91,92)/b13-9-,14-10-,20-16-,25-21-,26-22-,32-28-,36-33-,39-38-,40-34-,41-35-,51-47-,63-59-. The Hall–Kier alpha value is -5.06. The van der Waals surface area contributed by atoms with Crippen LogP contribution < -0.4 is 0 Å². The Kier molecular flexibility index (Phi) is 70.5. The van der Waals surface area contributed by atoms with Gasteiger partial charge in [-0.3, -0.25) is 37.3 Å². The van der Waals surface area contributed by atoms with Crippen LogP contribution in [0.2, 0.25) is 0 Å². The average molecular weight is 1470 g/mol. The first-order valence-corrected chi connectivity index (χ1v) is 42.1. The Balaban J connectivity index is 5.43. The minimum Gasteiger partial charge on any atom is -0.462 e. The number of hydrogen-bond acceptors (Lipinski definition) is 15. The van der Waals surface area contributed by atoms with Crippen molar-refractivity contribution in [2.75, 3.05) is 39.6 Å². The Labute approximate surface area is 617 Å². The molecular weight excluding hydrogens is 1330 g/mol. The number of phosphoric ester groups is 2. The number of aliphatic hydroxyl groups excluding tert-OH is 1. The monoisotopic (exact) mass is 1470 g/mol. The van der Waals surface area contributed by atoms with Gasteiger partial charge >= 0.3 is 39.5 Å². The molecule has 102 heavy (non-hydrogen) atoms. The van der Waals surface area contributed by atoms with Gasteiger partial charge < -0.3 is 33.8 Å². The van der Waals surface area contributed by atoms with Crippen molar-refractivity contribution in [1.82, 2.24) is 0 Å². The summed E-state index contributed by atoms with van der Waals surface area (Å²) in [6, 6.07) is 0. The minimum absolute atomic E-state index is 0.0552. The van der Waals surface area contributed by atoms with Crippen molar-refractivity contribution < 1.29 is 80.2 Å². The summed E-state index contributed by atoms with van der Waals surface area (Å²) < 4.78 is 68.4. The van der Waals surface area contributed by atoms with Crippen molar-refractivity contribution in [2.45, 2.75) is 316 Å². The maximum atomic E-state index is 13.1. The van der Waals surface area contributed by atoms with E-state index in [4.69, 9.17) is 37.0 Å². The predicted octanol–water partition coefficient (Wildman–Crippen LogP) is 22.7. The van der Waals surface area contributed by atoms with Gasteiger partial charge in [-0.05, 0) is 141 Å². The molecule has 0 aromatic rings. The van der Waals surface area contributed by atoms with Gasteiger partial charge in [-0.25, -0.2) is 9.13 Å². The number of hydrogen-bond donors (Lipinski definition) is 3. The zero-order valence-electron chi connectivity index (χ0n) is 63.5. The number of phosphoric acid groups is 2. The number of unbranched alkanes of at least 4 members (excludes halogenated alkanes) is 23. The molecule has 0 aliphatic carbocycles. The minimum atomic E-state index is -5.00. The van der Waals surface area contributed by atoms with Crippen molar-refractivity contribution in [3.8, 4) is 0 Å². The van der Waals surface area contributed by atoms with Gasteiger partial charge in [-0.1, -0.05) is 276 Å². The van der Waals surface area contributed by atoms with Crippen LogP contribution in [0.3, 0.4) is 0 Å². The molecule has 0 heterocycles. The number of carbonyl (C=O) groups excluding carboxylic acids is 4. The van der Waals surface area contributed by atoms with E-state index in [1.165, 1.54) is 38.5 Å². The Morgan fingerprint density at radius 1 is 0.294 bits per heavy atom. The number of allylic oxidation sites excluding steroid dienone is 23. The van der Waals surface area contributed by atoms with E-state index in [-0.39, 0.29) is 25.7 Å². The van der Waals surface area contributed by atoms with Crippen molar-refractivity contribution in [2.24, 2.45) is 0 Å². The van der Waals surface area contributed by atoms with Gasteiger partial charge in [-0.2, -0.15) is 0 Å². The van der Waals surface area contributed by atoms with Gasteiger partial charge in [0, 0.05) is 19.3 Å². The van der Waals surface area contributed by atoms with Gasteiger partial charge in [0.15, 0.2) is 12.2 Å². The van der Waals surface area contributed by atoms with E-state index < -0.39 is 97.5 Å². The molecule has 17 nitrogen and oxygen atoms in total. The van der Waals surface area contributed by atoms with Crippen LogP contribution in [0.25, 0.3) is 0 Å². The van der Waals surface area contributed by atoms with Gasteiger partial charge in [-0.15, -0.1) is 0 Å². The molecule has 5 unspecified atom stereocenters. The van der Waals surface area contributed by atoms with Gasteiger partial charge in [0.05, 0.1) is 32.8 Å². The van der Waals surface area contributed by atoms with E-state index >= 15 is 0 Å². The van der Waals surface area contributed by atoms with E-state index in [9.17, 15) is 43.2 Å². The van der Waals surface area contributed by atoms with Crippen molar-refractivity contribution in [3.63, 3.8) is 0 Å². The van der Waals surface area contributed by atoms with Crippen LogP contribution in [0.1, 0.15) is 297 Å². The second kappa shape index (κ2) is 74.2. The molecular formula is C83H138O17P2. The van der Waals surface area contributed by atoms with E-state index in [0.29, 0.717) is 25.7 Å². The molecule has 0 aromatic carbocycles. The van der Waals surface area contributed by atoms with E-state index in [1.54, 1.807) is 6.08 Å². The molecule has 19 heteroatoms. The highest BCUT2D eigenvalue weighted by molar-refractivity contribution is 7.47. The molecule has 0 saturated carbocycles. The summed E-state index contributed by atoms with van der Waals surface area (Å²) in [5.74, 6) is -2.37. The molecule has 582 valence electrons. The van der Waals surface area contributed by atoms with Crippen LogP contribution in [0.5, 0.6) is 0 Å². The van der Waals surface area contributed by atoms with Gasteiger partial charge in [0.25, 0.3) is 0 Å². The Morgan fingerprint density at radius 3 is 0.922 bits per heavy atom. The van der Waals surface area contributed by atoms with Crippen molar-refractivity contribution >= 4 is 39.5 Å². The quantitative estimate of drug-likeness (QED) is 0.0169. The zero-order valence-corrected chi connectivity index (χ0v) is 65.3. The number of esters is 4. The fourth-order valence-corrected chi connectivity index (χ4v) is 11.5. The van der Waals surface area contributed by atoms with Crippen molar-refractivity contribution in [1.29, 1.82) is 0 Å². The molecule has 0 rings (SSSR count). The van der Waals surface area contributed by atoms with Crippen LogP contribution in [0.4, 0.5) is 0 Å². The lowest BCUT2D eigenvalue weighted by molar-refractivity contribution is -0.161. The first kappa shape index (κ1) is 96.9. The van der Waals surface area contributed by atoms with E-state index in [1.807, 2.05) is 18.2 Å². The third-order valence-electron chi connectivity index (χ3n) is 15.8. The molecule has 5 atom stereocenters. The summed E-state index contributed by atoms with van der Waals surface area (Å²) in [5.41, 5.74) is 0. The summed E-state index contributed by atoms with van der Waals surface area (Å²) >= 11 is 0. The number of ether oxygens (including phenoxy) is 4. The van der Waals surface area contributed by atoms with Gasteiger partial charge in [0.2, 0.25) is 0 Å². The third kappa shape index (κ3) is 73.3. The normalized spacial score (nSPS) is 14.7. The first-order chi connectivity index (χ1) is 49.7. The fourth-order valence-electron chi connectivity index (χ4n) is 9.90. The third-order valence-corrected chi connectivity index (χ3v) is 17.7. The topological polar surface area (TPSA) is 237 Å². The van der Waals surface area contributed by atoms with Crippen molar-refractivity contribution in [3.05, 3.63) is 146 Å². The lowest BCUT2D eigenvalue weighted by atomic mass is 10.1. The number of carbonyl (C=O) groups is 4. The molecule has 0 radical (unpaired) electrons. The van der Waals surface area contributed by atoms with E-state index in [2.05, 4.69) is 149 Å². The maximum absolute atomic E-state index is 13.1. The highest BCUT2D eigenvalue weighted by Crippen LogP contribution is 2.45. The number of aliphatic hydroxyl groups is 1. The second-order valence-corrected chi connectivity index (χ2v) is 28.5. The SMILES string of the molecule is CC/C=C\C/C=C\C/C=C\C/C=C\C/C=C\CC(=O)OCC(COP(=O)(O)OCC(O)COP(=O)(O)OCC(COC(=O)CCCCCCCC/C=C\C/C=C\C/C=C\C/C=C\CC)OC(=O)CCCCCCC/C=C\CCCCCCCC)OC(=O)CCCCCCC/C=C\C/C=C\CCC.